The Morgan fingerprint density at radius 1 is 0.577 bits per heavy atom. The van der Waals surface area contributed by atoms with Crippen molar-refractivity contribution < 1.29 is 4.11 Å². The summed E-state index contributed by atoms with van der Waals surface area (Å²) in [5, 5.41) is 2.10. The maximum Gasteiger partial charge on any atom is 0.340 e. The molecule has 0 aliphatic heterocycles. The summed E-state index contributed by atoms with van der Waals surface area (Å²) in [6, 6.07) is 28.2. The van der Waals surface area contributed by atoms with Crippen molar-refractivity contribution in [2.75, 3.05) is 0 Å². The van der Waals surface area contributed by atoms with Crippen LogP contribution in [0.3, 0.4) is 0 Å². The van der Waals surface area contributed by atoms with Gasteiger partial charge in [-0.3, -0.25) is 4.11 Å². The van der Waals surface area contributed by atoms with Crippen LogP contribution in [0.5, 0.6) is 0 Å². The van der Waals surface area contributed by atoms with Gasteiger partial charge in [0.05, 0.1) is 0 Å². The molecule has 126 valence electrons. The minimum Gasteiger partial charge on any atom is -0.296 e. The summed E-state index contributed by atoms with van der Waals surface area (Å²) in [6.07, 6.45) is 3.37. The van der Waals surface area contributed by atoms with Gasteiger partial charge in [-0.2, -0.15) is 0 Å². The molecule has 0 aliphatic rings. The van der Waals surface area contributed by atoms with E-state index in [1.807, 2.05) is 84.9 Å². The van der Waals surface area contributed by atoms with Gasteiger partial charge in [-0.15, -0.1) is 0 Å². The number of benzene rings is 3. The molecule has 0 N–H and O–H groups in total. The Labute approximate surface area is 153 Å². The van der Waals surface area contributed by atoms with Crippen molar-refractivity contribution in [2.45, 2.75) is 0 Å². The summed E-state index contributed by atoms with van der Waals surface area (Å²) in [5.74, 6) is 0.546. The van der Waals surface area contributed by atoms with E-state index in [4.69, 9.17) is 0 Å². The van der Waals surface area contributed by atoms with Crippen LogP contribution in [-0.4, -0.2) is 18.4 Å². The highest BCUT2D eigenvalue weighted by atomic mass is 28.4. The number of nitrogens with zero attached hydrogens (tertiary/aromatic N) is 2. The maximum absolute atomic E-state index is 17.0. The molecule has 3 aromatic carbocycles. The Morgan fingerprint density at radius 2 is 1.08 bits per heavy atom. The number of hydrogen-bond donors (Lipinski definition) is 0. The van der Waals surface area contributed by atoms with Gasteiger partial charge in [0.15, 0.2) is 5.82 Å². The van der Waals surface area contributed by atoms with Crippen molar-refractivity contribution in [3.05, 3.63) is 103 Å². The predicted octanol–water partition coefficient (Wildman–Crippen LogP) is 3.08. The fourth-order valence-electron chi connectivity index (χ4n) is 3.23. The summed E-state index contributed by atoms with van der Waals surface area (Å²) in [6.45, 7) is 0. The van der Waals surface area contributed by atoms with E-state index >= 15 is 4.11 Å². The summed E-state index contributed by atoms with van der Waals surface area (Å²) < 4.78 is 17.0. The molecule has 1 heterocycles. The average Bonchev–Trinajstić information content (AvgIpc) is 2.75. The molecule has 0 radical (unpaired) electrons. The molecule has 0 atom stereocenters. The van der Waals surface area contributed by atoms with Gasteiger partial charge >= 0.3 is 8.41 Å². The monoisotopic (exact) mass is 356 g/mol. The first kappa shape index (κ1) is 16.4. The fraction of sp³-hybridized carbons (Fsp3) is 0. The zero-order valence-corrected chi connectivity index (χ0v) is 15.1. The number of hydrogen-bond acceptors (Lipinski definition) is 2. The Balaban J connectivity index is 2.01. The highest BCUT2D eigenvalue weighted by Crippen LogP contribution is 2.18. The minimum absolute atomic E-state index is 0.546. The van der Waals surface area contributed by atoms with E-state index in [1.165, 1.54) is 0 Å². The average molecular weight is 356 g/mol. The number of aromatic nitrogens is 2. The molecule has 1 aromatic heterocycles. The second-order valence-corrected chi connectivity index (χ2v) is 9.02. The lowest BCUT2D eigenvalue weighted by Gasteiger charge is -2.26. The minimum atomic E-state index is -3.69. The number of rotatable bonds is 4. The van der Waals surface area contributed by atoms with Gasteiger partial charge in [0.2, 0.25) is 0 Å². The van der Waals surface area contributed by atoms with Crippen molar-refractivity contribution >= 4 is 24.0 Å². The molecule has 0 fully saturated rings. The standard InChI is InChI=1S/C22H17FN2Si/c23-26(18-10-3-1-4-11-18,19-12-5-2-6-13-19)21-15-8-7-14-20(21)22-24-16-9-17-25-22/h1-17H. The zero-order chi connectivity index (χ0) is 17.8. The smallest absolute Gasteiger partial charge is 0.296 e. The normalized spacial score (nSPS) is 11.3. The molecule has 0 unspecified atom stereocenters. The van der Waals surface area contributed by atoms with Crippen molar-refractivity contribution in [3.8, 4) is 11.4 Å². The molecule has 26 heavy (non-hydrogen) atoms. The van der Waals surface area contributed by atoms with Crippen LogP contribution in [0.25, 0.3) is 11.4 Å². The molecule has 4 heteroatoms. The third kappa shape index (κ3) is 2.84. The van der Waals surface area contributed by atoms with E-state index in [1.54, 1.807) is 18.5 Å². The maximum atomic E-state index is 17.0. The summed E-state index contributed by atoms with van der Waals surface area (Å²) >= 11 is 0. The molecular formula is C22H17FN2Si. The molecule has 4 aromatic rings. The summed E-state index contributed by atoms with van der Waals surface area (Å²) in [4.78, 5) is 8.71. The highest BCUT2D eigenvalue weighted by molar-refractivity contribution is 7.07. The molecule has 0 bridgehead atoms. The van der Waals surface area contributed by atoms with Crippen LogP contribution in [-0.2, 0) is 0 Å². The van der Waals surface area contributed by atoms with Crippen LogP contribution in [0.1, 0.15) is 0 Å². The van der Waals surface area contributed by atoms with Crippen LogP contribution in [0.2, 0.25) is 0 Å². The van der Waals surface area contributed by atoms with E-state index in [-0.39, 0.29) is 0 Å². The van der Waals surface area contributed by atoms with E-state index in [0.29, 0.717) is 11.0 Å². The Kier molecular flexibility index (Phi) is 4.42. The largest absolute Gasteiger partial charge is 0.340 e. The van der Waals surface area contributed by atoms with Crippen LogP contribution in [0.4, 0.5) is 4.11 Å². The molecular weight excluding hydrogens is 339 g/mol. The lowest BCUT2D eigenvalue weighted by molar-refractivity contribution is 0.842. The lowest BCUT2D eigenvalue weighted by atomic mass is 10.2. The first-order valence-electron chi connectivity index (χ1n) is 8.47. The van der Waals surface area contributed by atoms with E-state index < -0.39 is 8.41 Å². The quantitative estimate of drug-likeness (QED) is 0.319. The zero-order valence-electron chi connectivity index (χ0n) is 14.1. The Hall–Kier alpha value is -3.11. The molecule has 0 aliphatic carbocycles. The van der Waals surface area contributed by atoms with Crippen LogP contribution < -0.4 is 15.6 Å². The van der Waals surface area contributed by atoms with Crippen LogP contribution in [0.15, 0.2) is 103 Å². The fourth-order valence-corrected chi connectivity index (χ4v) is 6.38. The molecule has 0 amide bonds. The predicted molar refractivity (Wildman–Crippen MR) is 106 cm³/mol. The molecule has 4 rings (SSSR count). The van der Waals surface area contributed by atoms with Crippen molar-refractivity contribution in [2.24, 2.45) is 0 Å². The van der Waals surface area contributed by atoms with Crippen molar-refractivity contribution in [3.63, 3.8) is 0 Å². The number of halogens is 1. The van der Waals surface area contributed by atoms with Crippen LogP contribution in [0, 0.1) is 0 Å². The van der Waals surface area contributed by atoms with E-state index in [9.17, 15) is 0 Å². The Morgan fingerprint density at radius 3 is 1.65 bits per heavy atom. The van der Waals surface area contributed by atoms with Gasteiger partial charge in [0.1, 0.15) is 0 Å². The van der Waals surface area contributed by atoms with Gasteiger partial charge in [-0.05, 0) is 21.6 Å². The topological polar surface area (TPSA) is 25.8 Å². The Bertz CT molecular complexity index is 953. The third-order valence-corrected chi connectivity index (χ3v) is 7.88. The van der Waals surface area contributed by atoms with Crippen molar-refractivity contribution in [1.82, 2.24) is 9.97 Å². The van der Waals surface area contributed by atoms with Gasteiger partial charge in [0, 0.05) is 18.0 Å². The van der Waals surface area contributed by atoms with Gasteiger partial charge in [0.25, 0.3) is 0 Å². The second-order valence-electron chi connectivity index (χ2n) is 6.01. The molecule has 0 saturated carbocycles. The highest BCUT2D eigenvalue weighted by Gasteiger charge is 2.43. The SMILES string of the molecule is F[Si](c1ccccc1)(c1ccccc1)c1ccccc1-c1ncccn1. The van der Waals surface area contributed by atoms with Gasteiger partial charge < -0.3 is 0 Å². The van der Waals surface area contributed by atoms with Gasteiger partial charge in [-0.25, -0.2) is 9.97 Å². The summed E-state index contributed by atoms with van der Waals surface area (Å²) in [7, 11) is -3.69. The molecule has 2 nitrogen and oxygen atoms in total. The first-order chi connectivity index (χ1) is 12.8. The first-order valence-corrected chi connectivity index (χ1v) is 10.3. The van der Waals surface area contributed by atoms with Crippen LogP contribution >= 0.6 is 0 Å². The van der Waals surface area contributed by atoms with E-state index in [2.05, 4.69) is 9.97 Å². The lowest BCUT2D eigenvalue weighted by Crippen LogP contribution is -2.64. The second kappa shape index (κ2) is 7.02. The molecule has 0 spiro atoms. The summed E-state index contributed by atoms with van der Waals surface area (Å²) in [5.41, 5.74) is 0.745. The molecule has 0 saturated heterocycles. The third-order valence-electron chi connectivity index (χ3n) is 4.45. The van der Waals surface area contributed by atoms with Crippen molar-refractivity contribution in [1.29, 1.82) is 0 Å². The van der Waals surface area contributed by atoms with Gasteiger partial charge in [-0.1, -0.05) is 84.9 Å². The van der Waals surface area contributed by atoms with E-state index in [0.717, 1.165) is 15.9 Å².